The molecule has 0 bridgehead atoms. The summed E-state index contributed by atoms with van der Waals surface area (Å²) in [5.74, 6) is -1.17. The lowest BCUT2D eigenvalue weighted by atomic mass is 9.99. The van der Waals surface area contributed by atoms with Crippen LogP contribution >= 0.6 is 0 Å². The summed E-state index contributed by atoms with van der Waals surface area (Å²) in [4.78, 5) is 30.1. The summed E-state index contributed by atoms with van der Waals surface area (Å²) >= 11 is 0. The number of morpholine rings is 1. The van der Waals surface area contributed by atoms with E-state index in [0.717, 1.165) is 57.3 Å². The van der Waals surface area contributed by atoms with Crippen LogP contribution in [0.3, 0.4) is 0 Å². The van der Waals surface area contributed by atoms with E-state index in [1.807, 2.05) is 12.1 Å². The number of Topliss-reactive ketones (excluding diaryl/α,β-unsaturated/α-hetero) is 1. The fourth-order valence-electron chi connectivity index (χ4n) is 4.99. The lowest BCUT2D eigenvalue weighted by Gasteiger charge is -2.31. The highest BCUT2D eigenvalue weighted by Gasteiger charge is 2.32. The molecule has 5 rings (SSSR count). The Hall–Kier alpha value is -3.88. The number of carbonyl (C=O) groups excluding carboxylic acids is 2. The first-order valence-electron chi connectivity index (χ1n) is 13.6. The molecule has 0 aliphatic carbocycles. The van der Waals surface area contributed by atoms with Crippen LogP contribution in [0.2, 0.25) is 0 Å². The van der Waals surface area contributed by atoms with Gasteiger partial charge in [-0.05, 0) is 50.1 Å². The van der Waals surface area contributed by atoms with Gasteiger partial charge in [0.2, 0.25) is 0 Å². The van der Waals surface area contributed by atoms with Crippen molar-refractivity contribution in [3.05, 3.63) is 101 Å². The molecule has 3 aromatic carbocycles. The van der Waals surface area contributed by atoms with Crippen molar-refractivity contribution < 1.29 is 27.8 Å². The van der Waals surface area contributed by atoms with Crippen molar-refractivity contribution in [1.82, 2.24) is 4.90 Å². The average Bonchev–Trinajstić information content (AvgIpc) is 2.98. The van der Waals surface area contributed by atoms with Crippen molar-refractivity contribution in [2.45, 2.75) is 32.7 Å². The topological polar surface area (TPSA) is 59.1 Å². The first-order chi connectivity index (χ1) is 19.4. The lowest BCUT2D eigenvalue weighted by molar-refractivity contribution is -0.117. The van der Waals surface area contributed by atoms with Gasteiger partial charge in [0.15, 0.2) is 17.3 Å². The van der Waals surface area contributed by atoms with Gasteiger partial charge in [0.1, 0.15) is 11.6 Å². The van der Waals surface area contributed by atoms with Gasteiger partial charge in [-0.25, -0.2) is 8.78 Å². The van der Waals surface area contributed by atoms with Crippen LogP contribution < -0.4 is 9.64 Å². The number of ether oxygens (including phenoxy) is 2. The van der Waals surface area contributed by atoms with E-state index in [4.69, 9.17) is 9.47 Å². The Morgan fingerprint density at radius 2 is 1.65 bits per heavy atom. The average molecular weight is 547 g/mol. The van der Waals surface area contributed by atoms with Crippen LogP contribution in [0, 0.1) is 11.6 Å². The molecule has 0 saturated carbocycles. The zero-order valence-corrected chi connectivity index (χ0v) is 22.5. The summed E-state index contributed by atoms with van der Waals surface area (Å²) in [6.45, 7) is 6.11. The van der Waals surface area contributed by atoms with E-state index in [1.165, 1.54) is 17.0 Å². The molecule has 0 aromatic heterocycles. The number of rotatable bonds is 9. The Morgan fingerprint density at radius 3 is 2.40 bits per heavy atom. The van der Waals surface area contributed by atoms with Gasteiger partial charge in [-0.1, -0.05) is 42.5 Å². The lowest BCUT2D eigenvalue weighted by Crippen LogP contribution is -2.37. The molecule has 0 radical (unpaired) electrons. The molecule has 2 heterocycles. The maximum absolute atomic E-state index is 14.5. The minimum atomic E-state index is -0.722. The molecule has 1 amide bonds. The van der Waals surface area contributed by atoms with Crippen molar-refractivity contribution >= 4 is 23.0 Å². The summed E-state index contributed by atoms with van der Waals surface area (Å²) < 4.78 is 39.3. The molecule has 1 fully saturated rings. The molecule has 8 heteroatoms. The summed E-state index contributed by atoms with van der Waals surface area (Å²) in [7, 11) is 0. The number of hydrogen-bond acceptors (Lipinski definition) is 5. The van der Waals surface area contributed by atoms with E-state index in [2.05, 4.69) is 4.90 Å². The molecule has 2 aliphatic heterocycles. The van der Waals surface area contributed by atoms with Crippen LogP contribution in [0.5, 0.6) is 5.75 Å². The third kappa shape index (κ3) is 6.29. The molecule has 0 unspecified atom stereocenters. The number of fused-ring (bicyclic) bond motifs is 1. The summed E-state index contributed by atoms with van der Waals surface area (Å²) in [6, 6.07) is 17.5. The molecule has 208 valence electrons. The molecule has 40 heavy (non-hydrogen) atoms. The van der Waals surface area contributed by atoms with Gasteiger partial charge < -0.3 is 9.47 Å². The molecular weight excluding hydrogens is 514 g/mol. The minimum Gasteiger partial charge on any atom is -0.449 e. The number of halogens is 2. The standard InChI is InChI=1S/C32H32F2N2O4/c1-22(23-9-11-24(12-10-23)29(37)7-4-5-15-35-16-18-39-19-17-35)31-32(38)36(28-6-2-3-8-30(28)40-31)21-25-13-14-26(33)20-27(25)34/h2-3,6,8-14,20H,4-5,7,15-19,21H2,1H3/b31-22-. The predicted molar refractivity (Wildman–Crippen MR) is 149 cm³/mol. The van der Waals surface area contributed by atoms with Crippen molar-refractivity contribution in [2.75, 3.05) is 37.7 Å². The van der Waals surface area contributed by atoms with E-state index in [9.17, 15) is 18.4 Å². The number of ketones is 1. The molecule has 0 N–H and O–H groups in total. The number of nitrogens with zero attached hydrogens (tertiary/aromatic N) is 2. The first-order valence-corrected chi connectivity index (χ1v) is 13.6. The van der Waals surface area contributed by atoms with Crippen LogP contribution in [-0.2, 0) is 16.1 Å². The summed E-state index contributed by atoms with van der Waals surface area (Å²) in [5, 5.41) is 0. The third-order valence-corrected chi connectivity index (χ3v) is 7.36. The van der Waals surface area contributed by atoms with Crippen LogP contribution in [0.4, 0.5) is 14.5 Å². The van der Waals surface area contributed by atoms with E-state index in [0.29, 0.717) is 29.0 Å². The fraction of sp³-hybridized carbons (Fsp3) is 0.312. The second kappa shape index (κ2) is 12.5. The second-order valence-corrected chi connectivity index (χ2v) is 10.1. The van der Waals surface area contributed by atoms with Crippen molar-refractivity contribution in [3.8, 4) is 5.75 Å². The van der Waals surface area contributed by atoms with E-state index in [-0.39, 0.29) is 23.7 Å². The Bertz CT molecular complexity index is 1410. The molecule has 2 aliphatic rings. The van der Waals surface area contributed by atoms with Gasteiger partial charge in [-0.15, -0.1) is 0 Å². The smallest absolute Gasteiger partial charge is 0.294 e. The zero-order chi connectivity index (χ0) is 28.1. The highest BCUT2D eigenvalue weighted by molar-refractivity contribution is 6.11. The van der Waals surface area contributed by atoms with E-state index < -0.39 is 17.5 Å². The van der Waals surface area contributed by atoms with Gasteiger partial charge in [0, 0.05) is 42.3 Å². The van der Waals surface area contributed by atoms with Crippen molar-refractivity contribution in [1.29, 1.82) is 0 Å². The van der Waals surface area contributed by atoms with Crippen molar-refractivity contribution in [2.24, 2.45) is 0 Å². The SMILES string of the molecule is C/C(=C1/Oc2ccccc2N(Cc2ccc(F)cc2F)C1=O)c1ccc(C(=O)CCCCN2CCOCC2)cc1. The summed E-state index contributed by atoms with van der Waals surface area (Å²) in [5.41, 5.74) is 2.65. The third-order valence-electron chi connectivity index (χ3n) is 7.36. The molecular formula is C32H32F2N2O4. The Morgan fingerprint density at radius 1 is 0.925 bits per heavy atom. The van der Waals surface area contributed by atoms with Gasteiger partial charge in [-0.3, -0.25) is 19.4 Å². The molecule has 0 atom stereocenters. The van der Waals surface area contributed by atoms with Gasteiger partial charge in [-0.2, -0.15) is 0 Å². The van der Waals surface area contributed by atoms with Crippen LogP contribution in [-0.4, -0.2) is 49.4 Å². The molecule has 6 nitrogen and oxygen atoms in total. The minimum absolute atomic E-state index is 0.0823. The number of unbranched alkanes of at least 4 members (excludes halogenated alkanes) is 1. The quantitative estimate of drug-likeness (QED) is 0.187. The number of amides is 1. The first kappa shape index (κ1) is 27.7. The maximum atomic E-state index is 14.5. The maximum Gasteiger partial charge on any atom is 0.294 e. The van der Waals surface area contributed by atoms with Crippen LogP contribution in [0.15, 0.2) is 72.5 Å². The number of anilines is 1. The Labute approximate surface area is 232 Å². The number of para-hydroxylation sites is 2. The Kier molecular flexibility index (Phi) is 8.67. The largest absolute Gasteiger partial charge is 0.449 e. The molecule has 0 spiro atoms. The van der Waals surface area contributed by atoms with Crippen LogP contribution in [0.1, 0.15) is 47.7 Å². The van der Waals surface area contributed by atoms with Crippen LogP contribution in [0.25, 0.3) is 5.57 Å². The number of allylic oxidation sites excluding steroid dienone is 1. The number of benzene rings is 3. The molecule has 3 aromatic rings. The zero-order valence-electron chi connectivity index (χ0n) is 22.5. The van der Waals surface area contributed by atoms with E-state index >= 15 is 0 Å². The predicted octanol–water partition coefficient (Wildman–Crippen LogP) is 6.01. The van der Waals surface area contributed by atoms with E-state index in [1.54, 1.807) is 43.3 Å². The molecule has 1 saturated heterocycles. The highest BCUT2D eigenvalue weighted by atomic mass is 19.1. The van der Waals surface area contributed by atoms with Gasteiger partial charge in [0.05, 0.1) is 25.4 Å². The van der Waals surface area contributed by atoms with Gasteiger partial charge in [0.25, 0.3) is 5.91 Å². The Balaban J connectivity index is 1.29. The fourth-order valence-corrected chi connectivity index (χ4v) is 4.99. The number of hydrogen-bond donors (Lipinski definition) is 0. The second-order valence-electron chi connectivity index (χ2n) is 10.1. The normalized spacial score (nSPS) is 16.9. The summed E-state index contributed by atoms with van der Waals surface area (Å²) in [6.07, 6.45) is 2.28. The number of carbonyl (C=O) groups is 2. The van der Waals surface area contributed by atoms with Gasteiger partial charge >= 0.3 is 0 Å². The monoisotopic (exact) mass is 546 g/mol. The van der Waals surface area contributed by atoms with Crippen molar-refractivity contribution in [3.63, 3.8) is 0 Å². The highest BCUT2D eigenvalue weighted by Crippen LogP contribution is 2.38.